The van der Waals surface area contributed by atoms with Crippen LogP contribution in [-0.4, -0.2) is 29.2 Å². The van der Waals surface area contributed by atoms with Gasteiger partial charge in [0.05, 0.1) is 0 Å². The number of hydrogen-bond donors (Lipinski definition) is 0. The van der Waals surface area contributed by atoms with Crippen molar-refractivity contribution in [1.29, 1.82) is 0 Å². The van der Waals surface area contributed by atoms with E-state index in [0.717, 1.165) is 25.9 Å². The van der Waals surface area contributed by atoms with Gasteiger partial charge in [-0.1, -0.05) is 30.7 Å². The summed E-state index contributed by atoms with van der Waals surface area (Å²) < 4.78 is 12.2. The first-order valence-electron chi connectivity index (χ1n) is 7.79. The molecule has 3 nitrogen and oxygen atoms in total. The predicted molar refractivity (Wildman–Crippen MR) is 91.2 cm³/mol. The smallest absolute Gasteiger partial charge is 0.292 e. The molecule has 1 aliphatic rings. The quantitative estimate of drug-likeness (QED) is 0.689. The molecule has 0 amide bonds. The summed E-state index contributed by atoms with van der Waals surface area (Å²) in [6, 6.07) is 8.39. The van der Waals surface area contributed by atoms with E-state index in [9.17, 15) is 4.79 Å². The molecule has 0 bridgehead atoms. The lowest BCUT2D eigenvalue weighted by molar-refractivity contribution is -0.135. The zero-order valence-corrected chi connectivity index (χ0v) is 15.6. The van der Waals surface area contributed by atoms with E-state index in [4.69, 9.17) is 8.85 Å². The van der Waals surface area contributed by atoms with Gasteiger partial charge in [-0.25, -0.2) is 0 Å². The van der Waals surface area contributed by atoms with Crippen molar-refractivity contribution in [1.82, 2.24) is 0 Å². The number of benzene rings is 1. The van der Waals surface area contributed by atoms with Gasteiger partial charge in [0, 0.05) is 13.0 Å². The molecular formula is C16H26O3Si2. The van der Waals surface area contributed by atoms with Crippen LogP contribution in [0, 0.1) is 0 Å². The highest BCUT2D eigenvalue weighted by atomic mass is 28.4. The van der Waals surface area contributed by atoms with Gasteiger partial charge in [0.25, 0.3) is 14.3 Å². The van der Waals surface area contributed by atoms with E-state index >= 15 is 0 Å². The number of hydrogen-bond acceptors (Lipinski definition) is 3. The maximum absolute atomic E-state index is 12.1. The molecule has 116 valence electrons. The summed E-state index contributed by atoms with van der Waals surface area (Å²) in [5.74, 6) is -0.0394. The summed E-state index contributed by atoms with van der Waals surface area (Å²) in [6.07, 6.45) is 3.48. The molecule has 0 saturated carbocycles. The van der Waals surface area contributed by atoms with Crippen LogP contribution >= 0.6 is 0 Å². The molecule has 1 aliphatic heterocycles. The molecule has 5 heteroatoms. The molecule has 0 N–H and O–H groups in total. The molecule has 1 aromatic carbocycles. The summed E-state index contributed by atoms with van der Waals surface area (Å²) in [4.78, 5) is 12.1. The summed E-state index contributed by atoms with van der Waals surface area (Å²) in [7, 11) is -4.19. The molecule has 0 saturated heterocycles. The maximum atomic E-state index is 12.1. The van der Waals surface area contributed by atoms with E-state index < -0.39 is 16.6 Å². The Bertz CT molecular complexity index is 512. The van der Waals surface area contributed by atoms with Crippen molar-refractivity contribution in [2.24, 2.45) is 0 Å². The van der Waals surface area contributed by atoms with E-state index in [1.165, 1.54) is 10.4 Å². The molecular weight excluding hydrogens is 296 g/mol. The van der Waals surface area contributed by atoms with Gasteiger partial charge in [0.15, 0.2) is 0 Å². The van der Waals surface area contributed by atoms with E-state index in [1.54, 1.807) is 0 Å². The van der Waals surface area contributed by atoms with Crippen molar-refractivity contribution in [3.05, 3.63) is 24.3 Å². The molecule has 0 radical (unpaired) electrons. The minimum absolute atomic E-state index is 0.0394. The van der Waals surface area contributed by atoms with Gasteiger partial charge in [-0.05, 0) is 49.4 Å². The number of fused-ring (bicyclic) bond motifs is 1. The van der Waals surface area contributed by atoms with Crippen LogP contribution in [0.3, 0.4) is 0 Å². The molecule has 21 heavy (non-hydrogen) atoms. The third kappa shape index (κ3) is 4.05. The normalized spacial score (nSPS) is 22.4. The van der Waals surface area contributed by atoms with Crippen molar-refractivity contribution >= 4 is 33.0 Å². The van der Waals surface area contributed by atoms with E-state index in [0.29, 0.717) is 6.42 Å². The summed E-state index contributed by atoms with van der Waals surface area (Å²) in [6.45, 7) is 9.50. The van der Waals surface area contributed by atoms with E-state index in [2.05, 4.69) is 44.4 Å². The average molecular weight is 323 g/mol. The molecule has 1 heterocycles. The minimum atomic E-state index is -2.23. The van der Waals surface area contributed by atoms with Gasteiger partial charge in [-0.15, -0.1) is 0 Å². The highest BCUT2D eigenvalue weighted by Gasteiger charge is 2.37. The summed E-state index contributed by atoms with van der Waals surface area (Å²) in [5, 5.41) is 2.51. The monoisotopic (exact) mass is 322 g/mol. The molecule has 1 aromatic rings. The predicted octanol–water partition coefficient (Wildman–Crippen LogP) is 2.64. The van der Waals surface area contributed by atoms with Gasteiger partial charge in [-0.3, -0.25) is 4.79 Å². The Balaban J connectivity index is 2.44. The lowest BCUT2D eigenvalue weighted by Crippen LogP contribution is -2.61. The van der Waals surface area contributed by atoms with Crippen LogP contribution in [0.15, 0.2) is 24.3 Å². The number of rotatable bonds is 0. The Kier molecular flexibility index (Phi) is 5.06. The lowest BCUT2D eigenvalue weighted by atomic mass is 10.2. The average Bonchev–Trinajstić information content (AvgIpc) is 2.41. The SMILES string of the molecule is C[Si]1(C)OCCCCCC(=O)O[Si](C)(C)c2ccccc21. The van der Waals surface area contributed by atoms with Crippen LogP contribution in [0.5, 0.6) is 0 Å². The molecule has 2 rings (SSSR count). The Labute approximate surface area is 129 Å². The fraction of sp³-hybridized carbons (Fsp3) is 0.562. The first-order chi connectivity index (χ1) is 9.83. The van der Waals surface area contributed by atoms with Crippen LogP contribution < -0.4 is 10.4 Å². The summed E-state index contributed by atoms with van der Waals surface area (Å²) >= 11 is 0. The zero-order chi connectivity index (χ0) is 15.5. The first-order valence-corrected chi connectivity index (χ1v) is 13.6. The minimum Gasteiger partial charge on any atom is -0.515 e. The number of carbonyl (C=O) groups is 1. The topological polar surface area (TPSA) is 35.5 Å². The van der Waals surface area contributed by atoms with Crippen LogP contribution in [0.4, 0.5) is 0 Å². The van der Waals surface area contributed by atoms with Crippen molar-refractivity contribution in [2.75, 3.05) is 6.61 Å². The van der Waals surface area contributed by atoms with Gasteiger partial charge in [0.2, 0.25) is 8.32 Å². The maximum Gasteiger partial charge on any atom is 0.292 e. The molecule has 0 unspecified atom stereocenters. The molecule has 0 atom stereocenters. The largest absolute Gasteiger partial charge is 0.515 e. The van der Waals surface area contributed by atoms with Gasteiger partial charge in [-0.2, -0.15) is 0 Å². The van der Waals surface area contributed by atoms with Crippen molar-refractivity contribution in [3.63, 3.8) is 0 Å². The van der Waals surface area contributed by atoms with Gasteiger partial charge < -0.3 is 8.85 Å². The van der Waals surface area contributed by atoms with Gasteiger partial charge in [0.1, 0.15) is 0 Å². The summed E-state index contributed by atoms with van der Waals surface area (Å²) in [5.41, 5.74) is 0. The third-order valence-corrected chi connectivity index (χ3v) is 9.46. The van der Waals surface area contributed by atoms with Crippen molar-refractivity contribution in [2.45, 2.75) is 51.9 Å². The zero-order valence-electron chi connectivity index (χ0n) is 13.6. The second kappa shape index (κ2) is 6.46. The van der Waals surface area contributed by atoms with E-state index in [-0.39, 0.29) is 5.97 Å². The Morgan fingerprint density at radius 1 is 0.905 bits per heavy atom. The lowest BCUT2D eigenvalue weighted by Gasteiger charge is -2.32. The molecule has 0 fully saturated rings. The molecule has 0 spiro atoms. The Morgan fingerprint density at radius 2 is 1.52 bits per heavy atom. The van der Waals surface area contributed by atoms with Crippen LogP contribution in [-0.2, 0) is 13.6 Å². The first kappa shape index (κ1) is 16.5. The van der Waals surface area contributed by atoms with E-state index in [1.807, 2.05) is 6.07 Å². The fourth-order valence-electron chi connectivity index (χ4n) is 2.88. The highest BCUT2D eigenvalue weighted by Crippen LogP contribution is 2.14. The fourth-order valence-corrected chi connectivity index (χ4v) is 8.73. The van der Waals surface area contributed by atoms with Crippen LogP contribution in [0.2, 0.25) is 26.2 Å². The standard InChI is InChI=1S/C16H26O3Si2/c1-20(2)14-10-7-8-11-15(14)21(3,4)19-16(17)12-6-5-9-13-18-20/h7-8,10-11H,5-6,9,12-13H2,1-4H3. The molecule has 0 aliphatic carbocycles. The van der Waals surface area contributed by atoms with Gasteiger partial charge >= 0.3 is 0 Å². The second-order valence-electron chi connectivity index (χ2n) is 6.70. The Morgan fingerprint density at radius 3 is 2.19 bits per heavy atom. The van der Waals surface area contributed by atoms with Crippen LogP contribution in [0.1, 0.15) is 25.7 Å². The van der Waals surface area contributed by atoms with Crippen molar-refractivity contribution in [3.8, 4) is 0 Å². The van der Waals surface area contributed by atoms with Crippen LogP contribution in [0.25, 0.3) is 0 Å². The highest BCUT2D eigenvalue weighted by molar-refractivity contribution is 6.95. The van der Waals surface area contributed by atoms with Crippen molar-refractivity contribution < 1.29 is 13.6 Å². The third-order valence-electron chi connectivity index (χ3n) is 4.08. The Hall–Kier alpha value is -0.916. The second-order valence-corrected chi connectivity index (χ2v) is 14.3. The molecule has 0 aromatic heterocycles. The number of carbonyl (C=O) groups excluding carboxylic acids is 1.